The highest BCUT2D eigenvalue weighted by atomic mass is 32.2. The number of aromatic nitrogens is 3. The predicted octanol–water partition coefficient (Wildman–Crippen LogP) is 4.82. The lowest BCUT2D eigenvalue weighted by atomic mass is 10.1. The zero-order chi connectivity index (χ0) is 26.0. The van der Waals surface area contributed by atoms with Gasteiger partial charge < -0.3 is 23.3 Å². The molecule has 0 radical (unpaired) electrons. The van der Waals surface area contributed by atoms with E-state index < -0.39 is 10.0 Å². The van der Waals surface area contributed by atoms with Crippen molar-refractivity contribution in [3.8, 4) is 17.5 Å². The normalized spacial score (nSPS) is 11.6. The molecule has 5 aromatic rings. The Balaban J connectivity index is 1.43. The number of benzene rings is 2. The molecule has 5 rings (SSSR count). The van der Waals surface area contributed by atoms with Gasteiger partial charge in [-0.2, -0.15) is 4.98 Å². The maximum Gasteiger partial charge on any atom is 0.262 e. The molecule has 3 heterocycles. The molecule has 9 nitrogen and oxygen atoms in total. The molecule has 0 spiro atoms. The molecule has 0 bridgehead atoms. The van der Waals surface area contributed by atoms with E-state index in [0.717, 1.165) is 40.5 Å². The molecule has 2 aromatic carbocycles. The average molecular weight is 521 g/mol. The third-order valence-electron chi connectivity index (χ3n) is 6.24. The minimum absolute atomic E-state index is 0.118. The first-order valence-corrected chi connectivity index (χ1v) is 13.3. The summed E-state index contributed by atoms with van der Waals surface area (Å²) in [4.78, 5) is 4.27. The Morgan fingerprint density at radius 3 is 2.38 bits per heavy atom. The van der Waals surface area contributed by atoms with Gasteiger partial charge in [0, 0.05) is 53.9 Å². The van der Waals surface area contributed by atoms with Crippen LogP contribution in [0.25, 0.3) is 21.8 Å². The van der Waals surface area contributed by atoms with Crippen LogP contribution >= 0.6 is 0 Å². The zero-order valence-electron chi connectivity index (χ0n) is 20.8. The van der Waals surface area contributed by atoms with Gasteiger partial charge in [-0.3, -0.25) is 4.72 Å². The molecule has 0 fully saturated rings. The molecule has 0 unspecified atom stereocenters. The van der Waals surface area contributed by atoms with Gasteiger partial charge in [0.25, 0.3) is 10.0 Å². The highest BCUT2D eigenvalue weighted by Gasteiger charge is 2.20. The second-order valence-corrected chi connectivity index (χ2v) is 10.2. The molecular weight excluding hydrogens is 492 g/mol. The van der Waals surface area contributed by atoms with Crippen LogP contribution in [0.5, 0.6) is 17.5 Å². The van der Waals surface area contributed by atoms with E-state index in [9.17, 15) is 8.42 Å². The number of sulfonamides is 1. The van der Waals surface area contributed by atoms with Crippen molar-refractivity contribution in [3.05, 3.63) is 73.1 Å². The lowest BCUT2D eigenvalue weighted by Gasteiger charge is -2.12. The van der Waals surface area contributed by atoms with Crippen LogP contribution in [0.1, 0.15) is 6.42 Å². The second-order valence-electron chi connectivity index (χ2n) is 8.56. The Kier molecular flexibility index (Phi) is 6.66. The molecule has 10 heteroatoms. The van der Waals surface area contributed by atoms with Gasteiger partial charge in [-0.1, -0.05) is 0 Å². The number of rotatable bonds is 10. The third kappa shape index (κ3) is 4.92. The largest absolute Gasteiger partial charge is 0.494 e. The van der Waals surface area contributed by atoms with Crippen LogP contribution in [0.3, 0.4) is 0 Å². The van der Waals surface area contributed by atoms with Gasteiger partial charge in [-0.25, -0.2) is 8.42 Å². The van der Waals surface area contributed by atoms with E-state index in [1.165, 1.54) is 14.2 Å². The number of anilines is 1. The standard InChI is InChI=1S/C27H28N4O5S/c1-30-24-10-7-19(36-16-6-15-31-13-4-5-14-31)17-21(24)22-18-20(8-11-25(22)30)37(32,33)29-23-9-12-26(34-2)28-27(23)35-3/h4-5,7-14,17-18,29H,6,15-16H2,1-3H3. The number of fused-ring (bicyclic) bond motifs is 3. The number of nitrogens with one attached hydrogen (secondary N) is 1. The monoisotopic (exact) mass is 520 g/mol. The van der Waals surface area contributed by atoms with Gasteiger partial charge in [-0.15, -0.1) is 0 Å². The number of aryl methyl sites for hydroxylation is 2. The van der Waals surface area contributed by atoms with Crippen molar-refractivity contribution in [2.24, 2.45) is 7.05 Å². The summed E-state index contributed by atoms with van der Waals surface area (Å²) in [5.74, 6) is 1.18. The highest BCUT2D eigenvalue weighted by molar-refractivity contribution is 7.92. The number of hydrogen-bond acceptors (Lipinski definition) is 6. The van der Waals surface area contributed by atoms with Crippen LogP contribution in [0.4, 0.5) is 5.69 Å². The smallest absolute Gasteiger partial charge is 0.262 e. The van der Waals surface area contributed by atoms with Gasteiger partial charge in [-0.05, 0) is 61.0 Å². The minimum atomic E-state index is -3.92. The molecule has 0 atom stereocenters. The van der Waals surface area contributed by atoms with E-state index >= 15 is 0 Å². The first-order chi connectivity index (χ1) is 17.9. The van der Waals surface area contributed by atoms with Crippen molar-refractivity contribution in [2.45, 2.75) is 17.9 Å². The number of methoxy groups -OCH3 is 2. The summed E-state index contributed by atoms with van der Waals surface area (Å²) in [5.41, 5.74) is 2.12. The minimum Gasteiger partial charge on any atom is -0.494 e. The Bertz CT molecular complexity index is 1660. The molecular formula is C27H28N4O5S. The molecule has 0 amide bonds. The average Bonchev–Trinajstić information content (AvgIpc) is 3.53. The predicted molar refractivity (Wildman–Crippen MR) is 143 cm³/mol. The highest BCUT2D eigenvalue weighted by Crippen LogP contribution is 2.34. The summed E-state index contributed by atoms with van der Waals surface area (Å²) < 4.78 is 49.7. The molecule has 1 N–H and O–H groups in total. The van der Waals surface area contributed by atoms with E-state index in [1.807, 2.05) is 60.4 Å². The topological polar surface area (TPSA) is 96.6 Å². The van der Waals surface area contributed by atoms with Gasteiger partial charge in [0.1, 0.15) is 11.4 Å². The first kappa shape index (κ1) is 24.5. The van der Waals surface area contributed by atoms with Gasteiger partial charge >= 0.3 is 0 Å². The molecule has 0 aliphatic carbocycles. The Labute approximate surface area is 215 Å². The third-order valence-corrected chi connectivity index (χ3v) is 7.60. The van der Waals surface area contributed by atoms with Crippen LogP contribution in [0.15, 0.2) is 78.0 Å². The van der Waals surface area contributed by atoms with Crippen LogP contribution < -0.4 is 18.9 Å². The van der Waals surface area contributed by atoms with E-state index in [-0.39, 0.29) is 16.5 Å². The molecule has 37 heavy (non-hydrogen) atoms. The molecule has 0 aliphatic rings. The molecule has 0 aliphatic heterocycles. The molecule has 192 valence electrons. The van der Waals surface area contributed by atoms with E-state index in [1.54, 1.807) is 24.3 Å². The first-order valence-electron chi connectivity index (χ1n) is 11.8. The SMILES string of the molecule is COc1ccc(NS(=O)(=O)c2ccc3c(c2)c2cc(OCCCn4cccc4)ccc2n3C)c(OC)n1. The van der Waals surface area contributed by atoms with E-state index in [0.29, 0.717) is 12.5 Å². The van der Waals surface area contributed by atoms with Crippen LogP contribution in [0, 0.1) is 0 Å². The van der Waals surface area contributed by atoms with Crippen molar-refractivity contribution in [1.29, 1.82) is 0 Å². The lowest BCUT2D eigenvalue weighted by molar-refractivity contribution is 0.302. The quantitative estimate of drug-likeness (QED) is 0.265. The van der Waals surface area contributed by atoms with Crippen LogP contribution in [-0.2, 0) is 23.6 Å². The van der Waals surface area contributed by atoms with Crippen molar-refractivity contribution in [1.82, 2.24) is 14.1 Å². The van der Waals surface area contributed by atoms with Crippen LogP contribution in [0.2, 0.25) is 0 Å². The maximum absolute atomic E-state index is 13.3. The van der Waals surface area contributed by atoms with Crippen molar-refractivity contribution in [3.63, 3.8) is 0 Å². The van der Waals surface area contributed by atoms with Gasteiger partial charge in [0.05, 0.1) is 25.7 Å². The summed E-state index contributed by atoms with van der Waals surface area (Å²) in [6.45, 7) is 1.46. The number of hydrogen-bond donors (Lipinski definition) is 1. The Morgan fingerprint density at radius 1 is 0.919 bits per heavy atom. The van der Waals surface area contributed by atoms with Gasteiger partial charge in [0.2, 0.25) is 11.8 Å². The fraction of sp³-hybridized carbons (Fsp3) is 0.222. The van der Waals surface area contributed by atoms with Crippen molar-refractivity contribution < 1.29 is 22.6 Å². The Hall–Kier alpha value is -4.18. The zero-order valence-corrected chi connectivity index (χ0v) is 21.7. The molecule has 0 saturated heterocycles. The van der Waals surface area contributed by atoms with Crippen molar-refractivity contribution >= 4 is 37.5 Å². The summed E-state index contributed by atoms with van der Waals surface area (Å²) >= 11 is 0. The lowest BCUT2D eigenvalue weighted by Crippen LogP contribution is -2.14. The summed E-state index contributed by atoms with van der Waals surface area (Å²) in [6, 6.07) is 18.1. The van der Waals surface area contributed by atoms with E-state index in [2.05, 4.69) is 14.3 Å². The van der Waals surface area contributed by atoms with Crippen molar-refractivity contribution in [2.75, 3.05) is 25.5 Å². The van der Waals surface area contributed by atoms with E-state index in [4.69, 9.17) is 14.2 Å². The number of nitrogens with zero attached hydrogens (tertiary/aromatic N) is 3. The second kappa shape index (κ2) is 10.1. The fourth-order valence-electron chi connectivity index (χ4n) is 4.36. The van der Waals surface area contributed by atoms with Gasteiger partial charge in [0.15, 0.2) is 0 Å². The summed E-state index contributed by atoms with van der Waals surface area (Å²) in [5, 5.41) is 1.74. The Morgan fingerprint density at radius 2 is 1.65 bits per heavy atom. The number of pyridine rings is 1. The summed E-state index contributed by atoms with van der Waals surface area (Å²) in [7, 11) is 0.938. The maximum atomic E-state index is 13.3. The summed E-state index contributed by atoms with van der Waals surface area (Å²) in [6.07, 6.45) is 4.94. The molecule has 0 saturated carbocycles. The fourth-order valence-corrected chi connectivity index (χ4v) is 5.45. The van der Waals surface area contributed by atoms with Crippen LogP contribution in [-0.4, -0.2) is 43.4 Å². The molecule has 3 aromatic heterocycles. The number of ether oxygens (including phenoxy) is 3.